The minimum Gasteiger partial charge on any atom is -0.488 e. The average molecular weight is 282 g/mol. The maximum absolute atomic E-state index is 13.7. The molecule has 1 aromatic rings. The van der Waals surface area contributed by atoms with Gasteiger partial charge in [-0.25, -0.2) is 4.39 Å². The highest BCUT2D eigenvalue weighted by Crippen LogP contribution is 2.29. The van der Waals surface area contributed by atoms with Gasteiger partial charge in [0.15, 0.2) is 11.6 Å². The van der Waals surface area contributed by atoms with Gasteiger partial charge in [0.25, 0.3) is 0 Å². The van der Waals surface area contributed by atoms with Gasteiger partial charge >= 0.3 is 0 Å². The van der Waals surface area contributed by atoms with E-state index in [9.17, 15) is 4.39 Å². The summed E-state index contributed by atoms with van der Waals surface area (Å²) in [5.41, 5.74) is 7.01. The molecule has 3 N–H and O–H groups in total. The lowest BCUT2D eigenvalue weighted by atomic mass is 10.0. The molecule has 0 aliphatic heterocycles. The topological polar surface area (TPSA) is 47.3 Å². The van der Waals surface area contributed by atoms with Crippen LogP contribution in [0.2, 0.25) is 0 Å². The van der Waals surface area contributed by atoms with Gasteiger partial charge in [-0.1, -0.05) is 13.8 Å². The second kappa shape index (κ2) is 7.36. The molecule has 0 saturated carbocycles. The fraction of sp³-hybridized carbons (Fsp3) is 0.625. The van der Waals surface area contributed by atoms with Crippen LogP contribution < -0.4 is 15.8 Å². The van der Waals surface area contributed by atoms with E-state index in [4.69, 9.17) is 10.5 Å². The van der Waals surface area contributed by atoms with Gasteiger partial charge in [0, 0.05) is 18.2 Å². The molecule has 0 aromatic heterocycles. The van der Waals surface area contributed by atoms with Gasteiger partial charge in [0.2, 0.25) is 0 Å². The molecule has 0 radical (unpaired) electrons. The van der Waals surface area contributed by atoms with Gasteiger partial charge < -0.3 is 15.8 Å². The lowest BCUT2D eigenvalue weighted by Gasteiger charge is -2.19. The molecule has 4 heteroatoms. The van der Waals surface area contributed by atoms with Crippen molar-refractivity contribution in [2.45, 2.75) is 59.6 Å². The summed E-state index contributed by atoms with van der Waals surface area (Å²) in [7, 11) is 0. The Hall–Kier alpha value is -1.45. The first-order chi connectivity index (χ1) is 9.29. The Kier molecular flexibility index (Phi) is 6.11. The minimum atomic E-state index is -0.420. The van der Waals surface area contributed by atoms with E-state index in [1.54, 1.807) is 6.07 Å². The standard InChI is InChI=1S/C16H27FN2O/c1-10(2)6-7-12(5)19-15-9-16(20-11(3)4)13(17)8-14(15)18/h8-12,19H,6-7,18H2,1-5H3. The van der Waals surface area contributed by atoms with E-state index in [-0.39, 0.29) is 17.9 Å². The minimum absolute atomic E-state index is 0.0701. The Morgan fingerprint density at radius 3 is 2.35 bits per heavy atom. The van der Waals surface area contributed by atoms with Crippen LogP contribution in [0.15, 0.2) is 12.1 Å². The van der Waals surface area contributed by atoms with Crippen molar-refractivity contribution in [1.82, 2.24) is 0 Å². The Bertz CT molecular complexity index is 433. The largest absolute Gasteiger partial charge is 0.488 e. The predicted molar refractivity (Wildman–Crippen MR) is 83.7 cm³/mol. The Labute approximate surface area is 121 Å². The molecule has 1 atom stereocenters. The number of halogens is 1. The highest BCUT2D eigenvalue weighted by Gasteiger charge is 2.12. The van der Waals surface area contributed by atoms with Crippen LogP contribution in [0.25, 0.3) is 0 Å². The molecule has 0 aliphatic carbocycles. The first kappa shape index (κ1) is 16.6. The van der Waals surface area contributed by atoms with Crippen LogP contribution in [0, 0.1) is 11.7 Å². The first-order valence-corrected chi connectivity index (χ1v) is 7.31. The summed E-state index contributed by atoms with van der Waals surface area (Å²) in [5, 5.41) is 3.33. The van der Waals surface area contributed by atoms with Gasteiger partial charge in [0.05, 0.1) is 17.5 Å². The molecule has 1 aromatic carbocycles. The molecule has 1 rings (SSSR count). The number of hydrogen-bond acceptors (Lipinski definition) is 3. The maximum Gasteiger partial charge on any atom is 0.167 e. The number of hydrogen-bond donors (Lipinski definition) is 2. The number of anilines is 2. The number of rotatable bonds is 7. The molecule has 114 valence electrons. The van der Waals surface area contributed by atoms with Crippen molar-refractivity contribution in [3.05, 3.63) is 17.9 Å². The van der Waals surface area contributed by atoms with Crippen molar-refractivity contribution in [3.63, 3.8) is 0 Å². The summed E-state index contributed by atoms with van der Waals surface area (Å²) in [5.74, 6) is 0.494. The summed E-state index contributed by atoms with van der Waals surface area (Å²) >= 11 is 0. The third-order valence-corrected chi connectivity index (χ3v) is 3.05. The van der Waals surface area contributed by atoms with Crippen LogP contribution in [0.4, 0.5) is 15.8 Å². The molecular weight excluding hydrogens is 255 g/mol. The summed E-state index contributed by atoms with van der Waals surface area (Å²) in [6, 6.07) is 3.25. The van der Waals surface area contributed by atoms with Gasteiger partial charge in [-0.3, -0.25) is 0 Å². The van der Waals surface area contributed by atoms with E-state index < -0.39 is 5.82 Å². The van der Waals surface area contributed by atoms with Crippen LogP contribution in [-0.2, 0) is 0 Å². The smallest absolute Gasteiger partial charge is 0.167 e. The van der Waals surface area contributed by atoms with E-state index in [1.165, 1.54) is 6.07 Å². The van der Waals surface area contributed by atoms with E-state index >= 15 is 0 Å². The van der Waals surface area contributed by atoms with Crippen LogP contribution in [0.3, 0.4) is 0 Å². The lowest BCUT2D eigenvalue weighted by molar-refractivity contribution is 0.231. The fourth-order valence-corrected chi connectivity index (χ4v) is 1.96. The van der Waals surface area contributed by atoms with Crippen molar-refractivity contribution in [3.8, 4) is 5.75 Å². The SMILES string of the molecule is CC(C)CCC(C)Nc1cc(OC(C)C)c(F)cc1N. The molecule has 0 fully saturated rings. The molecule has 20 heavy (non-hydrogen) atoms. The summed E-state index contributed by atoms with van der Waals surface area (Å²) < 4.78 is 19.2. The monoisotopic (exact) mass is 282 g/mol. The highest BCUT2D eigenvalue weighted by atomic mass is 19.1. The predicted octanol–water partition coefficient (Wildman–Crippen LogP) is 4.43. The van der Waals surface area contributed by atoms with Crippen molar-refractivity contribution in [2.75, 3.05) is 11.1 Å². The molecule has 3 nitrogen and oxygen atoms in total. The molecule has 0 saturated heterocycles. The number of nitrogen functional groups attached to an aromatic ring is 1. The van der Waals surface area contributed by atoms with Crippen LogP contribution >= 0.6 is 0 Å². The second-order valence-electron chi connectivity index (χ2n) is 6.05. The molecular formula is C16H27FN2O. The van der Waals surface area contributed by atoms with Crippen LogP contribution in [-0.4, -0.2) is 12.1 Å². The molecule has 0 spiro atoms. The zero-order chi connectivity index (χ0) is 15.3. The highest BCUT2D eigenvalue weighted by molar-refractivity contribution is 5.68. The number of ether oxygens (including phenoxy) is 1. The first-order valence-electron chi connectivity index (χ1n) is 7.31. The number of nitrogens with one attached hydrogen (secondary N) is 1. The zero-order valence-electron chi connectivity index (χ0n) is 13.2. The van der Waals surface area contributed by atoms with Crippen molar-refractivity contribution in [2.24, 2.45) is 5.92 Å². The van der Waals surface area contributed by atoms with Crippen molar-refractivity contribution < 1.29 is 9.13 Å². The normalized spacial score (nSPS) is 12.8. The second-order valence-corrected chi connectivity index (χ2v) is 6.05. The van der Waals surface area contributed by atoms with Gasteiger partial charge in [0.1, 0.15) is 0 Å². The average Bonchev–Trinajstić information content (AvgIpc) is 2.32. The quantitative estimate of drug-likeness (QED) is 0.727. The summed E-state index contributed by atoms with van der Waals surface area (Å²) in [4.78, 5) is 0. The van der Waals surface area contributed by atoms with Crippen molar-refractivity contribution in [1.29, 1.82) is 0 Å². The Balaban J connectivity index is 2.78. The van der Waals surface area contributed by atoms with E-state index in [2.05, 4.69) is 26.1 Å². The van der Waals surface area contributed by atoms with Crippen LogP contribution in [0.1, 0.15) is 47.5 Å². The van der Waals surface area contributed by atoms with Gasteiger partial charge in [-0.2, -0.15) is 0 Å². The molecule has 0 bridgehead atoms. The van der Waals surface area contributed by atoms with E-state index in [0.29, 0.717) is 11.6 Å². The third kappa shape index (κ3) is 5.27. The molecule has 0 aliphatic rings. The zero-order valence-corrected chi connectivity index (χ0v) is 13.2. The van der Waals surface area contributed by atoms with Crippen molar-refractivity contribution >= 4 is 11.4 Å². The van der Waals surface area contributed by atoms with Gasteiger partial charge in [-0.15, -0.1) is 0 Å². The Morgan fingerprint density at radius 1 is 1.15 bits per heavy atom. The lowest BCUT2D eigenvalue weighted by Crippen LogP contribution is -2.17. The van der Waals surface area contributed by atoms with Gasteiger partial charge in [-0.05, 0) is 39.5 Å². The summed E-state index contributed by atoms with van der Waals surface area (Å²) in [6.45, 7) is 10.2. The molecule has 1 unspecified atom stereocenters. The number of benzene rings is 1. The van der Waals surface area contributed by atoms with Crippen LogP contribution in [0.5, 0.6) is 5.75 Å². The number of nitrogens with two attached hydrogens (primary N) is 1. The maximum atomic E-state index is 13.7. The third-order valence-electron chi connectivity index (χ3n) is 3.05. The Morgan fingerprint density at radius 2 is 1.80 bits per heavy atom. The van der Waals surface area contributed by atoms with E-state index in [0.717, 1.165) is 18.5 Å². The summed E-state index contributed by atoms with van der Waals surface area (Å²) in [6.07, 6.45) is 2.12. The fourth-order valence-electron chi connectivity index (χ4n) is 1.96. The molecule has 0 heterocycles. The van der Waals surface area contributed by atoms with E-state index in [1.807, 2.05) is 13.8 Å². The molecule has 0 amide bonds.